The van der Waals surface area contributed by atoms with E-state index in [4.69, 9.17) is 0 Å². The lowest BCUT2D eigenvalue weighted by Gasteiger charge is -2.18. The Bertz CT molecular complexity index is 904. The maximum Gasteiger partial charge on any atom is 0.155 e. The van der Waals surface area contributed by atoms with Crippen LogP contribution in [0.25, 0.3) is 22.4 Å². The van der Waals surface area contributed by atoms with E-state index in [1.807, 2.05) is 23.6 Å². The van der Waals surface area contributed by atoms with Crippen molar-refractivity contribution >= 4 is 11.0 Å². The summed E-state index contributed by atoms with van der Waals surface area (Å²) < 4.78 is 30.8. The Balaban J connectivity index is 1.86. The minimum Gasteiger partial charge on any atom is -0.324 e. The third-order valence-electron chi connectivity index (χ3n) is 5.40. The highest BCUT2D eigenvalue weighted by Gasteiger charge is 2.22. The molecule has 3 aromatic rings. The molecule has 3 nitrogen and oxygen atoms in total. The lowest BCUT2D eigenvalue weighted by molar-refractivity contribution is 0.401. The number of benzene rings is 1. The normalized spacial score (nSPS) is 16.1. The maximum absolute atomic E-state index is 14.4. The molecule has 5 heteroatoms. The summed E-state index contributed by atoms with van der Waals surface area (Å²) >= 11 is 0. The van der Waals surface area contributed by atoms with Crippen molar-refractivity contribution in [2.24, 2.45) is 5.92 Å². The Morgan fingerprint density at radius 3 is 2.42 bits per heavy atom. The van der Waals surface area contributed by atoms with Gasteiger partial charge in [0.05, 0.1) is 29.0 Å². The van der Waals surface area contributed by atoms with Crippen molar-refractivity contribution in [1.82, 2.24) is 14.5 Å². The molecule has 0 bridgehead atoms. The molecule has 0 unspecified atom stereocenters. The van der Waals surface area contributed by atoms with Crippen molar-refractivity contribution in [1.29, 1.82) is 0 Å². The van der Waals surface area contributed by atoms with Gasteiger partial charge < -0.3 is 4.57 Å². The van der Waals surface area contributed by atoms with Crippen LogP contribution >= 0.6 is 0 Å². The molecule has 1 saturated carbocycles. The largest absolute Gasteiger partial charge is 0.324 e. The van der Waals surface area contributed by atoms with Gasteiger partial charge in [0.15, 0.2) is 11.6 Å². The number of fused-ring (bicyclic) bond motifs is 1. The van der Waals surface area contributed by atoms with Crippen LogP contribution < -0.4 is 0 Å². The molecule has 1 fully saturated rings. The highest BCUT2D eigenvalue weighted by atomic mass is 19.1. The van der Waals surface area contributed by atoms with Gasteiger partial charge in [0.2, 0.25) is 0 Å². The van der Waals surface area contributed by atoms with Crippen LogP contribution in [0.15, 0.2) is 30.6 Å². The van der Waals surface area contributed by atoms with E-state index in [0.29, 0.717) is 11.7 Å². The van der Waals surface area contributed by atoms with Gasteiger partial charge in [-0.15, -0.1) is 0 Å². The van der Waals surface area contributed by atoms with Crippen LogP contribution in [-0.4, -0.2) is 14.5 Å². The molecular weight excluding hydrogens is 332 g/mol. The number of aryl methyl sites for hydroxylation is 1. The van der Waals surface area contributed by atoms with Crippen molar-refractivity contribution in [3.63, 3.8) is 0 Å². The van der Waals surface area contributed by atoms with E-state index >= 15 is 0 Å². The van der Waals surface area contributed by atoms with E-state index in [1.165, 1.54) is 25.7 Å². The van der Waals surface area contributed by atoms with Crippen LogP contribution in [0.5, 0.6) is 0 Å². The number of hydrogen-bond donors (Lipinski definition) is 0. The molecule has 0 N–H and O–H groups in total. The summed E-state index contributed by atoms with van der Waals surface area (Å²) in [5.74, 6) is -0.451. The first-order chi connectivity index (χ1) is 12.6. The van der Waals surface area contributed by atoms with Crippen molar-refractivity contribution in [2.45, 2.75) is 52.0 Å². The fourth-order valence-electron chi connectivity index (χ4n) is 4.04. The monoisotopic (exact) mass is 355 g/mol. The summed E-state index contributed by atoms with van der Waals surface area (Å²) in [6.07, 6.45) is 9.44. The van der Waals surface area contributed by atoms with E-state index in [0.717, 1.165) is 48.4 Å². The molecule has 4 rings (SSSR count). The highest BCUT2D eigenvalue weighted by molar-refractivity contribution is 5.81. The molecule has 1 aliphatic rings. The van der Waals surface area contributed by atoms with Gasteiger partial charge in [0.1, 0.15) is 5.82 Å². The fraction of sp³-hybridized carbons (Fsp3) is 0.429. The molecule has 0 spiro atoms. The van der Waals surface area contributed by atoms with Crippen LogP contribution in [0, 0.1) is 24.5 Å². The lowest BCUT2D eigenvalue weighted by atomic mass is 10.00. The molecule has 136 valence electrons. The van der Waals surface area contributed by atoms with E-state index in [9.17, 15) is 8.78 Å². The predicted molar refractivity (Wildman–Crippen MR) is 98.8 cm³/mol. The molecule has 2 aromatic heterocycles. The van der Waals surface area contributed by atoms with E-state index in [-0.39, 0.29) is 5.56 Å². The first kappa shape index (κ1) is 17.1. The second-order valence-electron chi connectivity index (χ2n) is 7.37. The average Bonchev–Trinajstić information content (AvgIpc) is 2.79. The van der Waals surface area contributed by atoms with Crippen LogP contribution in [0.2, 0.25) is 0 Å². The van der Waals surface area contributed by atoms with Crippen molar-refractivity contribution in [3.05, 3.63) is 47.8 Å². The van der Waals surface area contributed by atoms with Gasteiger partial charge in [0, 0.05) is 6.54 Å². The van der Waals surface area contributed by atoms with Gasteiger partial charge in [-0.2, -0.15) is 0 Å². The quantitative estimate of drug-likeness (QED) is 0.568. The number of rotatable bonds is 3. The zero-order chi connectivity index (χ0) is 18.1. The van der Waals surface area contributed by atoms with Gasteiger partial charge in [-0.3, -0.25) is 4.98 Å². The van der Waals surface area contributed by atoms with E-state index < -0.39 is 11.6 Å². The third kappa shape index (κ3) is 3.22. The molecule has 0 aliphatic heterocycles. The van der Waals surface area contributed by atoms with Gasteiger partial charge in [-0.1, -0.05) is 31.7 Å². The van der Waals surface area contributed by atoms with Gasteiger partial charge >= 0.3 is 0 Å². The van der Waals surface area contributed by atoms with Gasteiger partial charge in [-0.25, -0.2) is 13.8 Å². The Kier molecular flexibility index (Phi) is 4.70. The number of imidazole rings is 1. The lowest BCUT2D eigenvalue weighted by Crippen LogP contribution is -2.12. The molecule has 0 atom stereocenters. The first-order valence-electron chi connectivity index (χ1n) is 9.40. The van der Waals surface area contributed by atoms with Crippen molar-refractivity contribution in [2.75, 3.05) is 0 Å². The minimum atomic E-state index is -0.667. The number of halogens is 2. The standard InChI is InChI=1S/C21H23F2N3/c1-14-8-9-18-19(10-14)26(13-15-6-4-2-3-5-7-15)21(25-18)20-16(22)11-24-12-17(20)23/h8-12,15H,2-7,13H2,1H3. The summed E-state index contributed by atoms with van der Waals surface area (Å²) in [6.45, 7) is 2.77. The summed E-state index contributed by atoms with van der Waals surface area (Å²) in [7, 11) is 0. The molecule has 1 aliphatic carbocycles. The van der Waals surface area contributed by atoms with Gasteiger partial charge in [-0.05, 0) is 43.4 Å². The van der Waals surface area contributed by atoms with E-state index in [2.05, 4.69) is 16.0 Å². The fourth-order valence-corrected chi connectivity index (χ4v) is 4.04. The molecule has 2 heterocycles. The maximum atomic E-state index is 14.4. The Labute approximate surface area is 152 Å². The zero-order valence-corrected chi connectivity index (χ0v) is 15.0. The molecular formula is C21H23F2N3. The molecule has 0 amide bonds. The van der Waals surface area contributed by atoms with Crippen LogP contribution in [-0.2, 0) is 6.54 Å². The summed E-state index contributed by atoms with van der Waals surface area (Å²) in [5.41, 5.74) is 2.75. The summed E-state index contributed by atoms with van der Waals surface area (Å²) in [4.78, 5) is 8.20. The topological polar surface area (TPSA) is 30.7 Å². The SMILES string of the molecule is Cc1ccc2nc(-c3c(F)cncc3F)n(CC3CCCCCC3)c2c1. The summed E-state index contributed by atoms with van der Waals surface area (Å²) in [5, 5.41) is 0. The molecule has 26 heavy (non-hydrogen) atoms. The Morgan fingerprint density at radius 1 is 1.04 bits per heavy atom. The van der Waals surface area contributed by atoms with Crippen LogP contribution in [0.1, 0.15) is 44.1 Å². The number of hydrogen-bond acceptors (Lipinski definition) is 2. The number of aromatic nitrogens is 3. The van der Waals surface area contributed by atoms with Crippen LogP contribution in [0.4, 0.5) is 8.78 Å². The Morgan fingerprint density at radius 2 is 1.73 bits per heavy atom. The molecule has 0 radical (unpaired) electrons. The van der Waals surface area contributed by atoms with Crippen molar-refractivity contribution in [3.8, 4) is 11.4 Å². The zero-order valence-electron chi connectivity index (χ0n) is 15.0. The van der Waals surface area contributed by atoms with Gasteiger partial charge in [0.25, 0.3) is 0 Å². The summed E-state index contributed by atoms with van der Waals surface area (Å²) in [6, 6.07) is 5.96. The predicted octanol–water partition coefficient (Wildman–Crippen LogP) is 5.66. The van der Waals surface area contributed by atoms with E-state index in [1.54, 1.807) is 0 Å². The van der Waals surface area contributed by atoms with Crippen molar-refractivity contribution < 1.29 is 8.78 Å². The molecule has 0 saturated heterocycles. The Hall–Kier alpha value is -2.30. The minimum absolute atomic E-state index is 0.0810. The smallest absolute Gasteiger partial charge is 0.155 e. The second-order valence-corrected chi connectivity index (χ2v) is 7.37. The first-order valence-corrected chi connectivity index (χ1v) is 9.40. The average molecular weight is 355 g/mol. The number of pyridine rings is 1. The second kappa shape index (κ2) is 7.14. The highest BCUT2D eigenvalue weighted by Crippen LogP contribution is 2.32. The third-order valence-corrected chi connectivity index (χ3v) is 5.40. The van der Waals surface area contributed by atoms with Crippen LogP contribution in [0.3, 0.4) is 0 Å². The molecule has 1 aromatic carbocycles. The number of nitrogens with zero attached hydrogens (tertiary/aromatic N) is 3.